The van der Waals surface area contributed by atoms with Crippen LogP contribution >= 0.6 is 0 Å². The van der Waals surface area contributed by atoms with Crippen molar-refractivity contribution in [3.63, 3.8) is 0 Å². The highest BCUT2D eigenvalue weighted by Gasteiger charge is 2.38. The van der Waals surface area contributed by atoms with Gasteiger partial charge in [-0.2, -0.15) is 26.3 Å². The molecule has 1 heterocycles. The van der Waals surface area contributed by atoms with Gasteiger partial charge in [-0.05, 0) is 66.9 Å². The number of rotatable bonds is 4. The van der Waals surface area contributed by atoms with Crippen LogP contribution in [0.3, 0.4) is 0 Å². The fourth-order valence-electron chi connectivity index (χ4n) is 4.28. The van der Waals surface area contributed by atoms with Gasteiger partial charge in [0.15, 0.2) is 0 Å². The van der Waals surface area contributed by atoms with Gasteiger partial charge >= 0.3 is 12.4 Å². The van der Waals surface area contributed by atoms with Gasteiger partial charge in [-0.3, -0.25) is 4.79 Å². The van der Waals surface area contributed by atoms with E-state index in [1.165, 1.54) is 19.2 Å². The van der Waals surface area contributed by atoms with Crippen LogP contribution in [0.15, 0.2) is 36.4 Å². The Morgan fingerprint density at radius 2 is 1.64 bits per heavy atom. The summed E-state index contributed by atoms with van der Waals surface area (Å²) in [6, 6.07) is 5.57. The molecule has 1 N–H and O–H groups in total. The molecule has 33 heavy (non-hydrogen) atoms. The molecule has 3 rings (SSSR count). The molecule has 1 fully saturated rings. The maximum absolute atomic E-state index is 13.5. The van der Waals surface area contributed by atoms with E-state index in [1.807, 2.05) is 0 Å². The lowest BCUT2D eigenvalue weighted by molar-refractivity contribution is -0.143. The Balaban J connectivity index is 1.87. The first-order valence-electron chi connectivity index (χ1n) is 10.3. The number of nitrogens with one attached hydrogen (secondary N) is 1. The van der Waals surface area contributed by atoms with E-state index in [1.54, 1.807) is 13.0 Å². The van der Waals surface area contributed by atoms with E-state index in [4.69, 9.17) is 0 Å². The number of aryl methyl sites for hydroxylation is 1. The van der Waals surface area contributed by atoms with Gasteiger partial charge in [-0.25, -0.2) is 4.39 Å². The maximum atomic E-state index is 13.5. The zero-order valence-electron chi connectivity index (χ0n) is 17.9. The molecule has 0 saturated carbocycles. The summed E-state index contributed by atoms with van der Waals surface area (Å²) in [5.74, 6) is -1.66. The molecule has 0 spiro atoms. The van der Waals surface area contributed by atoms with E-state index in [2.05, 4.69) is 5.32 Å². The van der Waals surface area contributed by atoms with Crippen LogP contribution in [0.5, 0.6) is 0 Å². The van der Waals surface area contributed by atoms with Crippen molar-refractivity contribution in [3.05, 3.63) is 70.0 Å². The minimum atomic E-state index is -4.96. The number of amides is 1. The standard InChI is InChI=1S/C23H23F7N2O/c1-13-7-17(24)3-4-18(13)20-11-31-6-5-19(20)21(33)32(2)12-14-8-15(22(25,26)27)10-16(9-14)23(28,29)30/h3-4,7-10,19-20,31H,5-6,11-12H2,1-2H3/t19?,20-/m1/s1. The van der Waals surface area contributed by atoms with E-state index in [0.717, 1.165) is 10.5 Å². The smallest absolute Gasteiger partial charge is 0.341 e. The molecular weight excluding hydrogens is 453 g/mol. The second-order valence-electron chi connectivity index (χ2n) is 8.32. The van der Waals surface area contributed by atoms with Gasteiger partial charge < -0.3 is 10.2 Å². The van der Waals surface area contributed by atoms with Gasteiger partial charge in [0.2, 0.25) is 5.91 Å². The number of hydrogen-bond acceptors (Lipinski definition) is 2. The molecule has 2 aromatic carbocycles. The Labute approximate surface area is 186 Å². The van der Waals surface area contributed by atoms with Crippen LogP contribution < -0.4 is 5.32 Å². The summed E-state index contributed by atoms with van der Waals surface area (Å²) in [5, 5.41) is 3.18. The van der Waals surface area contributed by atoms with E-state index in [-0.39, 0.29) is 17.5 Å². The third kappa shape index (κ3) is 5.85. The first-order valence-corrected chi connectivity index (χ1v) is 10.3. The Morgan fingerprint density at radius 3 is 2.18 bits per heavy atom. The number of halogens is 7. The third-order valence-electron chi connectivity index (χ3n) is 5.87. The lowest BCUT2D eigenvalue weighted by Gasteiger charge is -2.35. The molecule has 0 bridgehead atoms. The minimum absolute atomic E-state index is 0.0610. The van der Waals surface area contributed by atoms with Crippen molar-refractivity contribution in [2.24, 2.45) is 5.92 Å². The van der Waals surface area contributed by atoms with Crippen LogP contribution in [0.2, 0.25) is 0 Å². The average Bonchev–Trinajstić information content (AvgIpc) is 2.72. The van der Waals surface area contributed by atoms with E-state index >= 15 is 0 Å². The van der Waals surface area contributed by atoms with Gasteiger partial charge in [0, 0.05) is 32.0 Å². The number of hydrogen-bond donors (Lipinski definition) is 1. The monoisotopic (exact) mass is 476 g/mol. The van der Waals surface area contributed by atoms with E-state index in [0.29, 0.717) is 37.2 Å². The van der Waals surface area contributed by atoms with Gasteiger partial charge in [0.05, 0.1) is 11.1 Å². The molecular formula is C23H23F7N2O. The van der Waals surface area contributed by atoms with Gasteiger partial charge in [0.25, 0.3) is 0 Å². The molecule has 1 amide bonds. The molecule has 1 unspecified atom stereocenters. The fraction of sp³-hybridized carbons (Fsp3) is 0.435. The zero-order chi connectivity index (χ0) is 24.6. The molecule has 3 nitrogen and oxygen atoms in total. The van der Waals surface area contributed by atoms with Crippen molar-refractivity contribution >= 4 is 5.91 Å². The normalized spacial score (nSPS) is 19.4. The summed E-state index contributed by atoms with van der Waals surface area (Å²) < 4.78 is 92.4. The Bertz CT molecular complexity index is 985. The molecule has 10 heteroatoms. The molecule has 0 aromatic heterocycles. The lowest BCUT2D eigenvalue weighted by Crippen LogP contribution is -2.44. The third-order valence-corrected chi connectivity index (χ3v) is 5.87. The predicted octanol–water partition coefficient (Wildman–Crippen LogP) is 5.52. The molecule has 180 valence electrons. The summed E-state index contributed by atoms with van der Waals surface area (Å²) in [4.78, 5) is 14.4. The zero-order valence-corrected chi connectivity index (χ0v) is 17.9. The van der Waals surface area contributed by atoms with Crippen molar-refractivity contribution in [1.82, 2.24) is 10.2 Å². The first kappa shape index (κ1) is 25.0. The lowest BCUT2D eigenvalue weighted by atomic mass is 9.79. The van der Waals surface area contributed by atoms with Crippen molar-refractivity contribution < 1.29 is 35.5 Å². The van der Waals surface area contributed by atoms with Crippen molar-refractivity contribution in [2.45, 2.75) is 38.2 Å². The number of carbonyl (C=O) groups is 1. The van der Waals surface area contributed by atoms with Crippen molar-refractivity contribution in [1.29, 1.82) is 0 Å². The fourth-order valence-corrected chi connectivity index (χ4v) is 4.28. The van der Waals surface area contributed by atoms with Crippen molar-refractivity contribution in [2.75, 3.05) is 20.1 Å². The summed E-state index contributed by atoms with van der Waals surface area (Å²) >= 11 is 0. The first-order chi connectivity index (χ1) is 15.3. The molecule has 0 aliphatic carbocycles. The van der Waals surface area contributed by atoms with Crippen LogP contribution in [0.4, 0.5) is 30.7 Å². The topological polar surface area (TPSA) is 32.3 Å². The number of carbonyl (C=O) groups excluding carboxylic acids is 1. The van der Waals surface area contributed by atoms with Crippen LogP contribution in [0.25, 0.3) is 0 Å². The number of alkyl halides is 6. The molecule has 1 aliphatic heterocycles. The Hall–Kier alpha value is -2.62. The summed E-state index contributed by atoms with van der Waals surface area (Å²) in [5.41, 5.74) is -1.67. The number of benzene rings is 2. The molecule has 1 aliphatic rings. The highest BCUT2D eigenvalue weighted by Crippen LogP contribution is 2.37. The summed E-state index contributed by atoms with van der Waals surface area (Å²) in [7, 11) is 1.35. The maximum Gasteiger partial charge on any atom is 0.416 e. The van der Waals surface area contributed by atoms with Crippen LogP contribution in [-0.4, -0.2) is 30.9 Å². The molecule has 1 saturated heterocycles. The van der Waals surface area contributed by atoms with Crippen LogP contribution in [0, 0.1) is 18.7 Å². The van der Waals surface area contributed by atoms with E-state index in [9.17, 15) is 35.5 Å². The average molecular weight is 476 g/mol. The molecule has 2 atom stereocenters. The number of nitrogens with zero attached hydrogens (tertiary/aromatic N) is 1. The largest absolute Gasteiger partial charge is 0.416 e. The highest BCUT2D eigenvalue weighted by molar-refractivity contribution is 5.80. The quantitative estimate of drug-likeness (QED) is 0.590. The second kappa shape index (κ2) is 9.32. The van der Waals surface area contributed by atoms with E-state index < -0.39 is 47.7 Å². The highest BCUT2D eigenvalue weighted by atomic mass is 19.4. The van der Waals surface area contributed by atoms with Gasteiger partial charge in [0.1, 0.15) is 5.82 Å². The van der Waals surface area contributed by atoms with Crippen LogP contribution in [0.1, 0.15) is 40.2 Å². The minimum Gasteiger partial charge on any atom is -0.341 e. The molecule has 2 aromatic rings. The molecule has 0 radical (unpaired) electrons. The predicted molar refractivity (Wildman–Crippen MR) is 108 cm³/mol. The van der Waals surface area contributed by atoms with Crippen molar-refractivity contribution in [3.8, 4) is 0 Å². The summed E-state index contributed by atoms with van der Waals surface area (Å²) in [6.07, 6.45) is -9.49. The Morgan fingerprint density at radius 1 is 1.03 bits per heavy atom. The number of piperidine rings is 1. The van der Waals surface area contributed by atoms with Gasteiger partial charge in [-0.1, -0.05) is 6.07 Å². The summed E-state index contributed by atoms with van der Waals surface area (Å²) in [6.45, 7) is 2.28. The van der Waals surface area contributed by atoms with Gasteiger partial charge in [-0.15, -0.1) is 0 Å². The SMILES string of the molecule is Cc1cc(F)ccc1[C@H]1CNCCC1C(=O)N(C)Cc1cc(C(F)(F)F)cc(C(F)(F)F)c1. The van der Waals surface area contributed by atoms with Crippen LogP contribution in [-0.2, 0) is 23.7 Å². The second-order valence-corrected chi connectivity index (χ2v) is 8.32. The Kier molecular flexibility index (Phi) is 7.07.